The summed E-state index contributed by atoms with van der Waals surface area (Å²) in [7, 11) is 4.58. The quantitative estimate of drug-likeness (QED) is 0.591. The van der Waals surface area contributed by atoms with Gasteiger partial charge in [-0.25, -0.2) is 0 Å². The van der Waals surface area contributed by atoms with Gasteiger partial charge in [-0.15, -0.1) is 13.2 Å². The molecule has 1 saturated heterocycles. The Bertz CT molecular complexity index is 917. The van der Waals surface area contributed by atoms with Gasteiger partial charge in [0.2, 0.25) is 11.7 Å². The first-order valence-electron chi connectivity index (χ1n) is 10.4. The summed E-state index contributed by atoms with van der Waals surface area (Å²) >= 11 is 0. The van der Waals surface area contributed by atoms with Crippen LogP contribution in [-0.2, 0) is 17.8 Å². The normalized spacial score (nSPS) is 14.7. The molecule has 3 rings (SSSR count). The van der Waals surface area contributed by atoms with Gasteiger partial charge < -0.3 is 23.8 Å². The Morgan fingerprint density at radius 1 is 0.879 bits per heavy atom. The average molecular weight is 468 g/mol. The molecule has 1 fully saturated rings. The highest BCUT2D eigenvalue weighted by Crippen LogP contribution is 2.38. The lowest BCUT2D eigenvalue weighted by Gasteiger charge is -2.35. The number of amides is 1. The fourth-order valence-corrected chi connectivity index (χ4v) is 3.73. The molecule has 0 spiro atoms. The topological polar surface area (TPSA) is 60.5 Å². The van der Waals surface area contributed by atoms with Crippen molar-refractivity contribution in [1.82, 2.24) is 9.80 Å². The Hall–Kier alpha value is -3.14. The van der Waals surface area contributed by atoms with Crippen LogP contribution >= 0.6 is 0 Å². The van der Waals surface area contributed by atoms with E-state index in [1.807, 2.05) is 0 Å². The number of hydrogen-bond acceptors (Lipinski definition) is 6. The number of nitrogens with zero attached hydrogens (tertiary/aromatic N) is 2. The molecule has 1 aliphatic rings. The van der Waals surface area contributed by atoms with Crippen molar-refractivity contribution in [2.45, 2.75) is 19.3 Å². The Morgan fingerprint density at radius 2 is 1.45 bits per heavy atom. The molecule has 0 bridgehead atoms. The first-order chi connectivity index (χ1) is 15.7. The number of benzene rings is 2. The number of rotatable bonds is 8. The van der Waals surface area contributed by atoms with Gasteiger partial charge in [-0.05, 0) is 35.4 Å². The molecular weight excluding hydrogens is 441 g/mol. The van der Waals surface area contributed by atoms with E-state index in [-0.39, 0.29) is 18.1 Å². The number of piperazine rings is 1. The molecule has 33 heavy (non-hydrogen) atoms. The minimum Gasteiger partial charge on any atom is -0.493 e. The number of carbonyl (C=O) groups excluding carboxylic acids is 1. The van der Waals surface area contributed by atoms with Crippen LogP contribution in [0, 0.1) is 0 Å². The molecule has 0 aliphatic carbocycles. The molecule has 180 valence electrons. The van der Waals surface area contributed by atoms with Gasteiger partial charge in [-0.3, -0.25) is 9.69 Å². The average Bonchev–Trinajstić information content (AvgIpc) is 2.79. The van der Waals surface area contributed by atoms with E-state index >= 15 is 0 Å². The van der Waals surface area contributed by atoms with Crippen molar-refractivity contribution in [3.63, 3.8) is 0 Å². The molecule has 0 radical (unpaired) electrons. The minimum atomic E-state index is -4.70. The molecule has 2 aromatic rings. The third-order valence-electron chi connectivity index (χ3n) is 5.37. The first kappa shape index (κ1) is 24.5. The summed E-state index contributed by atoms with van der Waals surface area (Å²) in [5, 5.41) is 0. The Balaban J connectivity index is 1.53. The first-order valence-corrected chi connectivity index (χ1v) is 10.4. The van der Waals surface area contributed by atoms with Crippen LogP contribution in [0.4, 0.5) is 13.2 Å². The third-order valence-corrected chi connectivity index (χ3v) is 5.37. The van der Waals surface area contributed by atoms with E-state index in [9.17, 15) is 18.0 Å². The van der Waals surface area contributed by atoms with Gasteiger partial charge in [0.15, 0.2) is 11.5 Å². The van der Waals surface area contributed by atoms with Crippen LogP contribution in [0.5, 0.6) is 23.0 Å². The summed E-state index contributed by atoms with van der Waals surface area (Å²) in [5.41, 5.74) is 1.64. The number of methoxy groups -OCH3 is 3. The molecule has 0 unspecified atom stereocenters. The maximum absolute atomic E-state index is 12.8. The molecule has 0 aromatic heterocycles. The minimum absolute atomic E-state index is 0.00225. The van der Waals surface area contributed by atoms with E-state index in [1.165, 1.54) is 33.5 Å². The van der Waals surface area contributed by atoms with E-state index in [1.54, 1.807) is 29.2 Å². The summed E-state index contributed by atoms with van der Waals surface area (Å²) in [6.07, 6.45) is -4.50. The molecule has 1 aliphatic heterocycles. The SMILES string of the molecule is COc1cc(CC(=O)N2CCN(Cc3ccc(OC(F)(F)F)cc3)CC2)cc(OC)c1OC. The zero-order valence-corrected chi connectivity index (χ0v) is 18.8. The lowest BCUT2D eigenvalue weighted by Crippen LogP contribution is -2.48. The summed E-state index contributed by atoms with van der Waals surface area (Å²) in [5.74, 6) is 1.22. The fourth-order valence-electron chi connectivity index (χ4n) is 3.73. The second-order valence-corrected chi connectivity index (χ2v) is 7.56. The predicted molar refractivity (Wildman–Crippen MR) is 115 cm³/mol. The van der Waals surface area contributed by atoms with Crippen LogP contribution in [0.25, 0.3) is 0 Å². The van der Waals surface area contributed by atoms with Crippen LogP contribution in [-0.4, -0.2) is 69.6 Å². The van der Waals surface area contributed by atoms with E-state index in [0.29, 0.717) is 50.0 Å². The van der Waals surface area contributed by atoms with E-state index < -0.39 is 6.36 Å². The van der Waals surface area contributed by atoms with Crippen LogP contribution in [0.1, 0.15) is 11.1 Å². The molecular formula is C23H27F3N2O5. The monoisotopic (exact) mass is 468 g/mol. The van der Waals surface area contributed by atoms with Gasteiger partial charge >= 0.3 is 6.36 Å². The molecule has 0 saturated carbocycles. The maximum Gasteiger partial charge on any atom is 0.573 e. The summed E-state index contributed by atoms with van der Waals surface area (Å²) in [6.45, 7) is 3.06. The van der Waals surface area contributed by atoms with Crippen molar-refractivity contribution in [2.24, 2.45) is 0 Å². The zero-order chi connectivity index (χ0) is 24.0. The lowest BCUT2D eigenvalue weighted by atomic mass is 10.1. The maximum atomic E-state index is 12.8. The summed E-state index contributed by atoms with van der Waals surface area (Å²) in [6, 6.07) is 9.37. The Morgan fingerprint density at radius 3 is 1.94 bits per heavy atom. The molecule has 7 nitrogen and oxygen atoms in total. The standard InChI is InChI=1S/C23H27F3N2O5/c1-30-19-12-17(13-20(31-2)22(19)32-3)14-21(29)28-10-8-27(9-11-28)15-16-4-6-18(7-5-16)33-23(24,25)26/h4-7,12-13H,8-11,14-15H2,1-3H3. The lowest BCUT2D eigenvalue weighted by molar-refractivity contribution is -0.274. The number of alkyl halides is 3. The number of hydrogen-bond donors (Lipinski definition) is 0. The van der Waals surface area contributed by atoms with Gasteiger partial charge in [-0.2, -0.15) is 0 Å². The Labute approximate surface area is 190 Å². The van der Waals surface area contributed by atoms with Crippen LogP contribution in [0.3, 0.4) is 0 Å². The van der Waals surface area contributed by atoms with Gasteiger partial charge in [-0.1, -0.05) is 12.1 Å². The summed E-state index contributed by atoms with van der Waals surface area (Å²) < 4.78 is 56.8. The van der Waals surface area contributed by atoms with Crippen LogP contribution in [0.2, 0.25) is 0 Å². The number of ether oxygens (including phenoxy) is 4. The van der Waals surface area contributed by atoms with Crippen LogP contribution < -0.4 is 18.9 Å². The second-order valence-electron chi connectivity index (χ2n) is 7.56. The molecule has 2 aromatic carbocycles. The predicted octanol–water partition coefficient (Wildman–Crippen LogP) is 3.50. The van der Waals surface area contributed by atoms with Gasteiger partial charge in [0.1, 0.15) is 5.75 Å². The smallest absolute Gasteiger partial charge is 0.493 e. The van der Waals surface area contributed by atoms with Crippen molar-refractivity contribution in [3.05, 3.63) is 47.5 Å². The van der Waals surface area contributed by atoms with Crippen molar-refractivity contribution in [2.75, 3.05) is 47.5 Å². The summed E-state index contributed by atoms with van der Waals surface area (Å²) in [4.78, 5) is 16.8. The Kier molecular flexibility index (Phi) is 7.91. The molecule has 0 atom stereocenters. The van der Waals surface area contributed by atoms with E-state index in [2.05, 4.69) is 9.64 Å². The van der Waals surface area contributed by atoms with E-state index in [0.717, 1.165) is 11.1 Å². The molecule has 10 heteroatoms. The fraction of sp³-hybridized carbons (Fsp3) is 0.435. The highest BCUT2D eigenvalue weighted by atomic mass is 19.4. The molecule has 0 N–H and O–H groups in total. The third kappa shape index (κ3) is 6.67. The largest absolute Gasteiger partial charge is 0.573 e. The zero-order valence-electron chi connectivity index (χ0n) is 18.8. The van der Waals surface area contributed by atoms with Gasteiger partial charge in [0.25, 0.3) is 0 Å². The number of halogens is 3. The molecule has 1 amide bonds. The second kappa shape index (κ2) is 10.7. The van der Waals surface area contributed by atoms with Gasteiger partial charge in [0, 0.05) is 32.7 Å². The van der Waals surface area contributed by atoms with E-state index in [4.69, 9.17) is 14.2 Å². The van der Waals surface area contributed by atoms with Crippen molar-refractivity contribution in [3.8, 4) is 23.0 Å². The number of carbonyl (C=O) groups is 1. The highest BCUT2D eigenvalue weighted by molar-refractivity contribution is 5.79. The van der Waals surface area contributed by atoms with Crippen LogP contribution in [0.15, 0.2) is 36.4 Å². The highest BCUT2D eigenvalue weighted by Gasteiger charge is 2.31. The van der Waals surface area contributed by atoms with Gasteiger partial charge in [0.05, 0.1) is 27.8 Å². The molecule has 1 heterocycles. The van der Waals surface area contributed by atoms with Crippen molar-refractivity contribution >= 4 is 5.91 Å². The van der Waals surface area contributed by atoms with Crippen molar-refractivity contribution < 1.29 is 36.9 Å². The van der Waals surface area contributed by atoms with Crippen molar-refractivity contribution in [1.29, 1.82) is 0 Å².